The lowest BCUT2D eigenvalue weighted by molar-refractivity contribution is -0.274. The van der Waals surface area contributed by atoms with Crippen LogP contribution in [0.5, 0.6) is 5.75 Å². The molecule has 0 aliphatic carbocycles. The minimum Gasteiger partial charge on any atom is -0.481 e. The normalized spacial score (nSPS) is 11.7. The largest absolute Gasteiger partial charge is 0.573 e. The number of amides is 1. The molecular weight excluding hydrogens is 539 g/mol. The molecule has 0 aromatic heterocycles. The summed E-state index contributed by atoms with van der Waals surface area (Å²) >= 11 is 0. The number of Topliss-reactive ketones (excluding diaryl/α,β-unsaturated/α-hetero) is 1. The second-order valence-corrected chi connectivity index (χ2v) is 9.60. The van der Waals surface area contributed by atoms with Crippen molar-refractivity contribution in [2.45, 2.75) is 33.1 Å². The van der Waals surface area contributed by atoms with Gasteiger partial charge in [-0.1, -0.05) is 62.4 Å². The monoisotopic (exact) mass is 567 g/mol. The highest BCUT2D eigenvalue weighted by molar-refractivity contribution is 6.32. The number of allylic oxidation sites excluding steroid dienone is 2. The molecular formula is C31H28F3NO6. The van der Waals surface area contributed by atoms with E-state index in [0.29, 0.717) is 11.5 Å². The Morgan fingerprint density at radius 1 is 0.829 bits per heavy atom. The number of hydrogen-bond acceptors (Lipinski definition) is 5. The van der Waals surface area contributed by atoms with Crippen LogP contribution in [0.15, 0.2) is 78.9 Å². The maximum absolute atomic E-state index is 13.5. The van der Waals surface area contributed by atoms with Gasteiger partial charge >= 0.3 is 12.3 Å². The molecule has 0 saturated carbocycles. The van der Waals surface area contributed by atoms with Crippen LogP contribution >= 0.6 is 0 Å². The number of ether oxygens (including phenoxy) is 1. The summed E-state index contributed by atoms with van der Waals surface area (Å²) in [6.45, 7) is 4.07. The number of aliphatic carboxylic acids is 1. The number of benzene rings is 3. The van der Waals surface area contributed by atoms with Crippen molar-refractivity contribution in [1.82, 2.24) is 5.32 Å². The lowest BCUT2D eigenvalue weighted by atomic mass is 9.93. The number of nitrogens with one attached hydrogen (secondary N) is 1. The first-order valence-electron chi connectivity index (χ1n) is 12.7. The SMILES string of the molecule is CC(C)Cc1ccc(C(=O)/C=C(/C(=O)c2ccc(C(=O)NCCC(=O)O)cc2)c2ccc(OC(F)(F)F)cc2)cc1. The molecule has 1 amide bonds. The molecule has 0 bridgehead atoms. The lowest BCUT2D eigenvalue weighted by Crippen LogP contribution is -2.26. The third-order valence-corrected chi connectivity index (χ3v) is 5.84. The van der Waals surface area contributed by atoms with Crippen molar-refractivity contribution in [2.24, 2.45) is 5.92 Å². The van der Waals surface area contributed by atoms with Gasteiger partial charge in [0.15, 0.2) is 11.6 Å². The molecule has 3 aromatic rings. The van der Waals surface area contributed by atoms with Crippen molar-refractivity contribution < 1.29 is 42.2 Å². The fourth-order valence-electron chi connectivity index (χ4n) is 3.92. The molecule has 0 unspecified atom stereocenters. The van der Waals surface area contributed by atoms with Crippen LogP contribution in [-0.4, -0.2) is 41.5 Å². The number of carbonyl (C=O) groups excluding carboxylic acids is 3. The van der Waals surface area contributed by atoms with Crippen molar-refractivity contribution >= 4 is 29.0 Å². The predicted octanol–water partition coefficient (Wildman–Crippen LogP) is 6.14. The van der Waals surface area contributed by atoms with Gasteiger partial charge in [0.2, 0.25) is 0 Å². The van der Waals surface area contributed by atoms with E-state index < -0.39 is 35.6 Å². The number of alkyl halides is 3. The Kier molecular flexibility index (Phi) is 10.2. The number of carboxylic acids is 1. The van der Waals surface area contributed by atoms with Gasteiger partial charge in [0.05, 0.1) is 6.42 Å². The van der Waals surface area contributed by atoms with Crippen LogP contribution in [0.1, 0.15) is 62.5 Å². The van der Waals surface area contributed by atoms with E-state index in [0.717, 1.165) is 30.2 Å². The van der Waals surface area contributed by atoms with E-state index in [-0.39, 0.29) is 35.2 Å². The van der Waals surface area contributed by atoms with Gasteiger partial charge in [-0.3, -0.25) is 19.2 Å². The highest BCUT2D eigenvalue weighted by atomic mass is 19.4. The summed E-state index contributed by atoms with van der Waals surface area (Å²) in [5.74, 6) is -2.74. The minimum absolute atomic E-state index is 0.0709. The highest BCUT2D eigenvalue weighted by Gasteiger charge is 2.31. The van der Waals surface area contributed by atoms with E-state index in [1.165, 1.54) is 36.4 Å². The van der Waals surface area contributed by atoms with Crippen LogP contribution in [0.3, 0.4) is 0 Å². The Labute approximate surface area is 234 Å². The molecule has 10 heteroatoms. The van der Waals surface area contributed by atoms with Gasteiger partial charge in [-0.2, -0.15) is 0 Å². The Balaban J connectivity index is 1.91. The van der Waals surface area contributed by atoms with Gasteiger partial charge in [-0.05, 0) is 53.8 Å². The fourth-order valence-corrected chi connectivity index (χ4v) is 3.92. The number of carboxylic acid groups (broad SMARTS) is 1. The average molecular weight is 568 g/mol. The van der Waals surface area contributed by atoms with Crippen LogP contribution < -0.4 is 10.1 Å². The van der Waals surface area contributed by atoms with Gasteiger partial charge in [0.1, 0.15) is 5.75 Å². The topological polar surface area (TPSA) is 110 Å². The highest BCUT2D eigenvalue weighted by Crippen LogP contribution is 2.27. The Hall–Kier alpha value is -4.73. The number of halogens is 3. The Morgan fingerprint density at radius 3 is 1.90 bits per heavy atom. The molecule has 0 aliphatic heterocycles. The molecule has 214 valence electrons. The molecule has 0 spiro atoms. The van der Waals surface area contributed by atoms with Crippen LogP contribution in [0.4, 0.5) is 13.2 Å². The maximum Gasteiger partial charge on any atom is 0.573 e. The smallest absolute Gasteiger partial charge is 0.481 e. The van der Waals surface area contributed by atoms with Crippen LogP contribution in [0.2, 0.25) is 0 Å². The van der Waals surface area contributed by atoms with E-state index in [4.69, 9.17) is 5.11 Å². The van der Waals surface area contributed by atoms with E-state index >= 15 is 0 Å². The van der Waals surface area contributed by atoms with Gasteiger partial charge in [0.25, 0.3) is 5.91 Å². The Morgan fingerprint density at radius 2 is 1.37 bits per heavy atom. The zero-order valence-corrected chi connectivity index (χ0v) is 22.3. The number of hydrogen-bond donors (Lipinski definition) is 2. The summed E-state index contributed by atoms with van der Waals surface area (Å²) in [7, 11) is 0. The molecule has 0 atom stereocenters. The minimum atomic E-state index is -4.89. The third-order valence-electron chi connectivity index (χ3n) is 5.84. The van der Waals surface area contributed by atoms with Crippen molar-refractivity contribution in [1.29, 1.82) is 0 Å². The molecule has 0 fully saturated rings. The summed E-state index contributed by atoms with van der Waals surface area (Å²) < 4.78 is 41.7. The number of rotatable bonds is 12. The fraction of sp³-hybridized carbons (Fsp3) is 0.226. The van der Waals surface area contributed by atoms with E-state index in [2.05, 4.69) is 23.9 Å². The molecule has 2 N–H and O–H groups in total. The van der Waals surface area contributed by atoms with Gasteiger partial charge in [0, 0.05) is 28.8 Å². The zero-order chi connectivity index (χ0) is 30.2. The number of ketones is 2. The van der Waals surface area contributed by atoms with Crippen LogP contribution in [0.25, 0.3) is 5.57 Å². The summed E-state index contributed by atoms with van der Waals surface area (Å²) in [6, 6.07) is 17.0. The van der Waals surface area contributed by atoms with Gasteiger partial charge < -0.3 is 15.2 Å². The maximum atomic E-state index is 13.5. The predicted molar refractivity (Wildman–Crippen MR) is 146 cm³/mol. The first-order chi connectivity index (χ1) is 19.3. The van der Waals surface area contributed by atoms with Crippen molar-refractivity contribution in [2.75, 3.05) is 6.54 Å². The van der Waals surface area contributed by atoms with Crippen LogP contribution in [0, 0.1) is 5.92 Å². The van der Waals surface area contributed by atoms with Crippen molar-refractivity contribution in [3.63, 3.8) is 0 Å². The molecule has 0 heterocycles. The molecule has 7 nitrogen and oxygen atoms in total. The quantitative estimate of drug-likeness (QED) is 0.201. The molecule has 0 aliphatic rings. The molecule has 41 heavy (non-hydrogen) atoms. The van der Waals surface area contributed by atoms with Crippen LogP contribution in [-0.2, 0) is 11.2 Å². The standard InChI is InChI=1S/C31H28F3NO6/c1-19(2)17-20-3-5-22(6-4-20)27(36)18-26(21-11-13-25(14-12-21)41-31(32,33)34)29(39)23-7-9-24(10-8-23)30(40)35-16-15-28(37)38/h3-14,18-19H,15-17H2,1-2H3,(H,35,40)(H,37,38)/b26-18+. The average Bonchev–Trinajstić information content (AvgIpc) is 2.91. The van der Waals surface area contributed by atoms with Crippen molar-refractivity contribution in [3.8, 4) is 5.75 Å². The zero-order valence-electron chi connectivity index (χ0n) is 22.3. The van der Waals surface area contributed by atoms with E-state index in [1.807, 2.05) is 12.1 Å². The second-order valence-electron chi connectivity index (χ2n) is 9.60. The molecule has 3 aromatic carbocycles. The van der Waals surface area contributed by atoms with Gasteiger partial charge in [-0.25, -0.2) is 0 Å². The Bertz CT molecular complexity index is 1420. The van der Waals surface area contributed by atoms with E-state index in [1.54, 1.807) is 12.1 Å². The lowest BCUT2D eigenvalue weighted by Gasteiger charge is -2.12. The molecule has 3 rings (SSSR count). The summed E-state index contributed by atoms with van der Waals surface area (Å²) in [5, 5.41) is 11.2. The first kappa shape index (κ1) is 30.8. The summed E-state index contributed by atoms with van der Waals surface area (Å²) in [5.41, 5.74) is 1.79. The van der Waals surface area contributed by atoms with Crippen molar-refractivity contribution in [3.05, 3.63) is 107 Å². The summed E-state index contributed by atoms with van der Waals surface area (Å²) in [4.78, 5) is 49.6. The molecule has 0 saturated heterocycles. The summed E-state index contributed by atoms with van der Waals surface area (Å²) in [6.07, 6.45) is -3.19. The van der Waals surface area contributed by atoms with E-state index in [9.17, 15) is 32.3 Å². The third kappa shape index (κ3) is 9.45. The van der Waals surface area contributed by atoms with Gasteiger partial charge in [-0.15, -0.1) is 13.2 Å². The second kappa shape index (κ2) is 13.6. The molecule has 0 radical (unpaired) electrons. The number of carbonyl (C=O) groups is 4. The first-order valence-corrected chi connectivity index (χ1v) is 12.7.